The molecular weight excluding hydrogens is 262 g/mol. The fraction of sp³-hybridized carbons (Fsp3) is 0.375. The second-order valence-corrected chi connectivity index (χ2v) is 4.89. The molecule has 0 unspecified atom stereocenters. The van der Waals surface area contributed by atoms with Crippen LogP contribution in [0.4, 0.5) is 0 Å². The van der Waals surface area contributed by atoms with E-state index in [0.717, 1.165) is 29.9 Å². The van der Waals surface area contributed by atoms with Gasteiger partial charge in [0.1, 0.15) is 0 Å². The van der Waals surface area contributed by atoms with E-state index in [1.54, 1.807) is 0 Å². The number of aryl methyl sites for hydroxylation is 1. The second kappa shape index (κ2) is 6.92. The normalized spacial score (nSPS) is 11.7. The lowest BCUT2D eigenvalue weighted by Crippen LogP contribution is -2.37. The Morgan fingerprint density at radius 3 is 2.52 bits per heavy atom. The molecule has 0 aliphatic carbocycles. The lowest BCUT2D eigenvalue weighted by Gasteiger charge is -2.19. The summed E-state index contributed by atoms with van der Waals surface area (Å²) in [5, 5.41) is 4.54. The molecule has 0 spiro atoms. The van der Waals surface area contributed by atoms with E-state index in [1.807, 2.05) is 41.0 Å². The molecule has 0 bridgehead atoms. The molecule has 1 heterocycles. The number of hydrogen-bond donors (Lipinski definition) is 1. The summed E-state index contributed by atoms with van der Waals surface area (Å²) in [6.07, 6.45) is 2.00. The van der Waals surface area contributed by atoms with Crippen molar-refractivity contribution in [2.75, 3.05) is 13.1 Å². The van der Waals surface area contributed by atoms with Gasteiger partial charge in [-0.1, -0.05) is 30.3 Å². The van der Waals surface area contributed by atoms with Gasteiger partial charge in [-0.15, -0.1) is 0 Å². The lowest BCUT2D eigenvalue weighted by atomic mass is 10.1. The third-order valence-electron chi connectivity index (χ3n) is 3.45. The number of guanidine groups is 1. The highest BCUT2D eigenvalue weighted by Crippen LogP contribution is 2.22. The van der Waals surface area contributed by atoms with E-state index in [9.17, 15) is 0 Å². The van der Waals surface area contributed by atoms with Crippen LogP contribution in [0.3, 0.4) is 0 Å². The Bertz CT molecular complexity index is 596. The molecule has 0 radical (unpaired) electrons. The number of benzene rings is 1. The van der Waals surface area contributed by atoms with Crippen LogP contribution in [0.5, 0.6) is 0 Å². The minimum Gasteiger partial charge on any atom is -0.370 e. The average Bonchev–Trinajstić information content (AvgIpc) is 2.88. The van der Waals surface area contributed by atoms with Gasteiger partial charge in [0.2, 0.25) is 0 Å². The zero-order valence-electron chi connectivity index (χ0n) is 13.0. The highest BCUT2D eigenvalue weighted by atomic mass is 15.3. The van der Waals surface area contributed by atoms with E-state index in [-0.39, 0.29) is 0 Å². The van der Waals surface area contributed by atoms with Crippen molar-refractivity contribution >= 4 is 5.96 Å². The maximum atomic E-state index is 6.03. The number of rotatable bonds is 5. The van der Waals surface area contributed by atoms with E-state index >= 15 is 0 Å². The predicted octanol–water partition coefficient (Wildman–Crippen LogP) is 2.24. The van der Waals surface area contributed by atoms with Crippen LogP contribution in [0.1, 0.15) is 19.4 Å². The molecule has 0 amide bonds. The Hall–Kier alpha value is -2.30. The van der Waals surface area contributed by atoms with Crippen molar-refractivity contribution in [2.24, 2.45) is 17.8 Å². The molecule has 1 aromatic heterocycles. The van der Waals surface area contributed by atoms with Gasteiger partial charge >= 0.3 is 0 Å². The van der Waals surface area contributed by atoms with Crippen molar-refractivity contribution in [2.45, 2.75) is 20.4 Å². The van der Waals surface area contributed by atoms with Crippen LogP contribution in [0, 0.1) is 0 Å². The van der Waals surface area contributed by atoms with Crippen molar-refractivity contribution in [3.63, 3.8) is 0 Å². The van der Waals surface area contributed by atoms with E-state index in [2.05, 4.69) is 36.1 Å². The van der Waals surface area contributed by atoms with E-state index in [0.29, 0.717) is 12.5 Å². The summed E-state index contributed by atoms with van der Waals surface area (Å²) in [6.45, 7) is 6.42. The first-order valence-electron chi connectivity index (χ1n) is 7.28. The lowest BCUT2D eigenvalue weighted by molar-refractivity contribution is 0.458. The summed E-state index contributed by atoms with van der Waals surface area (Å²) < 4.78 is 1.82. The fourth-order valence-corrected chi connectivity index (χ4v) is 2.31. The number of aromatic nitrogens is 2. The fourth-order valence-electron chi connectivity index (χ4n) is 2.31. The average molecular weight is 285 g/mol. The third-order valence-corrected chi connectivity index (χ3v) is 3.45. The highest BCUT2D eigenvalue weighted by molar-refractivity contribution is 5.78. The Kier molecular flexibility index (Phi) is 4.98. The van der Waals surface area contributed by atoms with E-state index < -0.39 is 0 Å². The van der Waals surface area contributed by atoms with Crippen molar-refractivity contribution in [3.8, 4) is 11.3 Å². The van der Waals surface area contributed by atoms with Crippen molar-refractivity contribution < 1.29 is 0 Å². The molecule has 0 fully saturated rings. The third kappa shape index (κ3) is 3.62. The zero-order chi connectivity index (χ0) is 15.2. The Labute approximate surface area is 126 Å². The molecule has 0 saturated heterocycles. The van der Waals surface area contributed by atoms with Gasteiger partial charge in [-0.05, 0) is 13.8 Å². The molecule has 2 rings (SSSR count). The number of hydrogen-bond acceptors (Lipinski definition) is 2. The summed E-state index contributed by atoms with van der Waals surface area (Å²) in [6, 6.07) is 10.2. The van der Waals surface area contributed by atoms with Gasteiger partial charge in [0.15, 0.2) is 5.96 Å². The molecule has 5 heteroatoms. The number of nitrogens with two attached hydrogens (primary N) is 1. The molecule has 0 aliphatic heterocycles. The molecule has 21 heavy (non-hydrogen) atoms. The Morgan fingerprint density at radius 1 is 1.24 bits per heavy atom. The Morgan fingerprint density at radius 2 is 1.90 bits per heavy atom. The maximum Gasteiger partial charge on any atom is 0.191 e. The molecule has 1 aromatic carbocycles. The van der Waals surface area contributed by atoms with Gasteiger partial charge in [0.25, 0.3) is 0 Å². The quantitative estimate of drug-likeness (QED) is 0.677. The van der Waals surface area contributed by atoms with Crippen LogP contribution < -0.4 is 5.73 Å². The van der Waals surface area contributed by atoms with E-state index in [4.69, 9.17) is 5.73 Å². The standard InChI is InChI=1S/C16H23N5/c1-4-21(5-2)16(17)18-11-14-12-20(3)19-15(14)13-9-7-6-8-10-13/h6-10,12H,4-5,11H2,1-3H3,(H2,17,18). The van der Waals surface area contributed by atoms with Crippen LogP contribution in [0.25, 0.3) is 11.3 Å². The van der Waals surface area contributed by atoms with Crippen LogP contribution in [-0.4, -0.2) is 33.7 Å². The highest BCUT2D eigenvalue weighted by Gasteiger charge is 2.10. The summed E-state index contributed by atoms with van der Waals surface area (Å²) in [5.41, 5.74) is 9.18. The van der Waals surface area contributed by atoms with Crippen molar-refractivity contribution in [3.05, 3.63) is 42.1 Å². The largest absolute Gasteiger partial charge is 0.370 e. The minimum absolute atomic E-state index is 0.542. The smallest absolute Gasteiger partial charge is 0.191 e. The molecule has 2 aromatic rings. The van der Waals surface area contributed by atoms with Gasteiger partial charge in [-0.2, -0.15) is 5.10 Å². The second-order valence-electron chi connectivity index (χ2n) is 4.89. The summed E-state index contributed by atoms with van der Waals surface area (Å²) >= 11 is 0. The topological polar surface area (TPSA) is 59.4 Å². The van der Waals surface area contributed by atoms with Crippen LogP contribution in [0.2, 0.25) is 0 Å². The van der Waals surface area contributed by atoms with Crippen LogP contribution in [-0.2, 0) is 13.6 Å². The monoisotopic (exact) mass is 285 g/mol. The number of aliphatic imine (C=N–C) groups is 1. The first-order valence-corrected chi connectivity index (χ1v) is 7.28. The van der Waals surface area contributed by atoms with Gasteiger partial charge < -0.3 is 10.6 Å². The summed E-state index contributed by atoms with van der Waals surface area (Å²) in [7, 11) is 1.92. The maximum absolute atomic E-state index is 6.03. The Balaban J connectivity index is 2.24. The van der Waals surface area contributed by atoms with Gasteiger partial charge in [0, 0.05) is 37.5 Å². The molecule has 0 aliphatic rings. The van der Waals surface area contributed by atoms with E-state index in [1.165, 1.54) is 0 Å². The van der Waals surface area contributed by atoms with Crippen LogP contribution in [0.15, 0.2) is 41.5 Å². The van der Waals surface area contributed by atoms with Gasteiger partial charge in [-0.3, -0.25) is 4.68 Å². The molecular formula is C16H23N5. The molecule has 5 nitrogen and oxygen atoms in total. The zero-order valence-corrected chi connectivity index (χ0v) is 13.0. The predicted molar refractivity (Wildman–Crippen MR) is 86.9 cm³/mol. The van der Waals surface area contributed by atoms with Crippen LogP contribution >= 0.6 is 0 Å². The molecule has 112 valence electrons. The molecule has 0 saturated carbocycles. The first kappa shape index (κ1) is 15.1. The first-order chi connectivity index (χ1) is 10.2. The van der Waals surface area contributed by atoms with Gasteiger partial charge in [-0.25, -0.2) is 4.99 Å². The van der Waals surface area contributed by atoms with Gasteiger partial charge in [0.05, 0.1) is 12.2 Å². The molecule has 2 N–H and O–H groups in total. The minimum atomic E-state index is 0.542. The summed E-state index contributed by atoms with van der Waals surface area (Å²) in [5.74, 6) is 0.586. The SMILES string of the molecule is CCN(CC)C(N)=NCc1cn(C)nc1-c1ccccc1. The number of nitrogens with zero attached hydrogens (tertiary/aromatic N) is 4. The summed E-state index contributed by atoms with van der Waals surface area (Å²) in [4.78, 5) is 6.54. The van der Waals surface area contributed by atoms with Crippen molar-refractivity contribution in [1.82, 2.24) is 14.7 Å². The molecule has 0 atom stereocenters. The van der Waals surface area contributed by atoms with Crippen molar-refractivity contribution in [1.29, 1.82) is 0 Å².